The fourth-order valence-electron chi connectivity index (χ4n) is 3.95. The lowest BCUT2D eigenvalue weighted by Gasteiger charge is -2.36. The van der Waals surface area contributed by atoms with Gasteiger partial charge in [-0.2, -0.15) is 0 Å². The Labute approximate surface area is 128 Å². The maximum atomic E-state index is 2.76. The largest absolute Gasteiger partial charge is 0.303 e. The first-order valence-electron chi connectivity index (χ1n) is 9.35. The monoisotopic (exact) mass is 281 g/mol. The van der Waals surface area contributed by atoms with E-state index in [2.05, 4.69) is 25.7 Å². The molecular formula is C19H39N. The molecule has 1 heterocycles. The molecular weight excluding hydrogens is 242 g/mol. The standard InChI is InChI=1S/C17H33N.C2H6/c1-14(2)12-16-8-10-18(11-9-16)13-17-6-4-15(3)5-7-17;1-2/h14-17H,4-13H2,1-3H3;1-2H3. The molecule has 2 rings (SSSR count). The maximum Gasteiger partial charge on any atom is 0.000966 e. The highest BCUT2D eigenvalue weighted by molar-refractivity contribution is 4.78. The number of piperidine rings is 1. The summed E-state index contributed by atoms with van der Waals surface area (Å²) in [4.78, 5) is 2.76. The topological polar surface area (TPSA) is 3.24 Å². The number of nitrogens with zero attached hydrogens (tertiary/aromatic N) is 1. The molecule has 20 heavy (non-hydrogen) atoms. The van der Waals surface area contributed by atoms with Crippen LogP contribution in [0.4, 0.5) is 0 Å². The van der Waals surface area contributed by atoms with Gasteiger partial charge < -0.3 is 4.90 Å². The first-order valence-corrected chi connectivity index (χ1v) is 9.35. The Kier molecular flexibility index (Phi) is 8.84. The molecule has 0 aromatic carbocycles. The molecule has 120 valence electrons. The van der Waals surface area contributed by atoms with Gasteiger partial charge in [-0.1, -0.05) is 47.5 Å². The van der Waals surface area contributed by atoms with E-state index in [1.807, 2.05) is 13.8 Å². The first-order chi connectivity index (χ1) is 9.63. The Bertz CT molecular complexity index is 220. The van der Waals surface area contributed by atoms with Crippen LogP contribution in [0.3, 0.4) is 0 Å². The molecule has 1 aliphatic heterocycles. The van der Waals surface area contributed by atoms with E-state index in [4.69, 9.17) is 0 Å². The van der Waals surface area contributed by atoms with Crippen LogP contribution in [0.15, 0.2) is 0 Å². The lowest BCUT2D eigenvalue weighted by molar-refractivity contribution is 0.131. The highest BCUT2D eigenvalue weighted by Gasteiger charge is 2.24. The Hall–Kier alpha value is -0.0400. The molecule has 0 atom stereocenters. The summed E-state index contributed by atoms with van der Waals surface area (Å²) in [6.45, 7) is 15.3. The predicted octanol–water partition coefficient (Wildman–Crippen LogP) is 5.60. The van der Waals surface area contributed by atoms with Crippen molar-refractivity contribution in [2.75, 3.05) is 19.6 Å². The van der Waals surface area contributed by atoms with Gasteiger partial charge in [0.05, 0.1) is 0 Å². The number of hydrogen-bond acceptors (Lipinski definition) is 1. The van der Waals surface area contributed by atoms with E-state index < -0.39 is 0 Å². The van der Waals surface area contributed by atoms with Gasteiger partial charge in [-0.05, 0) is 68.9 Å². The normalized spacial score (nSPS) is 29.1. The summed E-state index contributed by atoms with van der Waals surface area (Å²) in [6, 6.07) is 0. The van der Waals surface area contributed by atoms with Crippen LogP contribution in [0.1, 0.15) is 79.6 Å². The quantitative estimate of drug-likeness (QED) is 0.648. The minimum atomic E-state index is 0.890. The summed E-state index contributed by atoms with van der Waals surface area (Å²) in [5.74, 6) is 3.93. The number of rotatable bonds is 4. The van der Waals surface area contributed by atoms with E-state index >= 15 is 0 Å². The molecule has 0 aromatic rings. The van der Waals surface area contributed by atoms with E-state index in [1.54, 1.807) is 0 Å². The molecule has 0 radical (unpaired) electrons. The van der Waals surface area contributed by atoms with Gasteiger partial charge in [-0.3, -0.25) is 0 Å². The van der Waals surface area contributed by atoms with E-state index in [0.717, 1.165) is 23.7 Å². The van der Waals surface area contributed by atoms with Gasteiger partial charge in [0.15, 0.2) is 0 Å². The first kappa shape index (κ1) is 18.0. The molecule has 0 unspecified atom stereocenters. The van der Waals surface area contributed by atoms with Crippen LogP contribution < -0.4 is 0 Å². The summed E-state index contributed by atoms with van der Waals surface area (Å²) in [6.07, 6.45) is 10.3. The lowest BCUT2D eigenvalue weighted by atomic mass is 9.82. The van der Waals surface area contributed by atoms with Crippen molar-refractivity contribution in [3.05, 3.63) is 0 Å². The zero-order valence-electron chi connectivity index (χ0n) is 14.8. The van der Waals surface area contributed by atoms with Crippen LogP contribution in [0, 0.1) is 23.7 Å². The SMILES string of the molecule is CC.CC(C)CC1CCN(CC2CCC(C)CC2)CC1. The second-order valence-electron chi connectivity index (χ2n) is 7.50. The number of likely N-dealkylation sites (tertiary alicyclic amines) is 1. The second-order valence-corrected chi connectivity index (χ2v) is 7.50. The van der Waals surface area contributed by atoms with Crippen LogP contribution in [-0.4, -0.2) is 24.5 Å². The van der Waals surface area contributed by atoms with Crippen LogP contribution in [0.5, 0.6) is 0 Å². The molecule has 1 heteroatoms. The summed E-state index contributed by atoms with van der Waals surface area (Å²) in [5, 5.41) is 0. The Morgan fingerprint density at radius 1 is 0.850 bits per heavy atom. The summed E-state index contributed by atoms with van der Waals surface area (Å²) >= 11 is 0. The van der Waals surface area contributed by atoms with E-state index in [-0.39, 0.29) is 0 Å². The average Bonchev–Trinajstić information content (AvgIpc) is 2.45. The van der Waals surface area contributed by atoms with E-state index in [9.17, 15) is 0 Å². The minimum absolute atomic E-state index is 0.890. The van der Waals surface area contributed by atoms with Crippen LogP contribution in [-0.2, 0) is 0 Å². The highest BCUT2D eigenvalue weighted by Crippen LogP contribution is 2.30. The molecule has 1 saturated carbocycles. The molecule has 2 aliphatic rings. The minimum Gasteiger partial charge on any atom is -0.303 e. The summed E-state index contributed by atoms with van der Waals surface area (Å²) in [7, 11) is 0. The molecule has 0 aromatic heterocycles. The van der Waals surface area contributed by atoms with Crippen molar-refractivity contribution >= 4 is 0 Å². The average molecular weight is 282 g/mol. The Morgan fingerprint density at radius 2 is 1.40 bits per heavy atom. The third kappa shape index (κ3) is 6.61. The molecule has 1 nitrogen and oxygen atoms in total. The highest BCUT2D eigenvalue weighted by atomic mass is 15.1. The molecule has 0 spiro atoms. The van der Waals surface area contributed by atoms with Crippen molar-refractivity contribution in [1.82, 2.24) is 4.90 Å². The molecule has 0 bridgehead atoms. The van der Waals surface area contributed by atoms with Gasteiger partial charge in [0, 0.05) is 6.54 Å². The summed E-state index contributed by atoms with van der Waals surface area (Å²) in [5.41, 5.74) is 0. The molecule has 0 amide bonds. The van der Waals surface area contributed by atoms with Gasteiger partial charge >= 0.3 is 0 Å². The van der Waals surface area contributed by atoms with E-state index in [1.165, 1.54) is 64.6 Å². The molecule has 1 aliphatic carbocycles. The zero-order valence-corrected chi connectivity index (χ0v) is 14.8. The van der Waals surface area contributed by atoms with Gasteiger partial charge in [0.2, 0.25) is 0 Å². The molecule has 0 N–H and O–H groups in total. The third-order valence-electron chi connectivity index (χ3n) is 5.16. The third-order valence-corrected chi connectivity index (χ3v) is 5.16. The Morgan fingerprint density at radius 3 is 1.90 bits per heavy atom. The fraction of sp³-hybridized carbons (Fsp3) is 1.00. The van der Waals surface area contributed by atoms with Crippen LogP contribution >= 0.6 is 0 Å². The molecule has 2 fully saturated rings. The fourth-order valence-corrected chi connectivity index (χ4v) is 3.95. The van der Waals surface area contributed by atoms with Crippen molar-refractivity contribution in [3.8, 4) is 0 Å². The van der Waals surface area contributed by atoms with Crippen molar-refractivity contribution in [1.29, 1.82) is 0 Å². The summed E-state index contributed by atoms with van der Waals surface area (Å²) < 4.78 is 0. The zero-order chi connectivity index (χ0) is 15.0. The van der Waals surface area contributed by atoms with Gasteiger partial charge in [0.1, 0.15) is 0 Å². The van der Waals surface area contributed by atoms with Crippen molar-refractivity contribution in [3.63, 3.8) is 0 Å². The van der Waals surface area contributed by atoms with Crippen LogP contribution in [0.25, 0.3) is 0 Å². The van der Waals surface area contributed by atoms with Gasteiger partial charge in [-0.15, -0.1) is 0 Å². The van der Waals surface area contributed by atoms with Crippen molar-refractivity contribution < 1.29 is 0 Å². The smallest absolute Gasteiger partial charge is 0.000966 e. The maximum absolute atomic E-state index is 2.76. The van der Waals surface area contributed by atoms with Crippen molar-refractivity contribution in [2.45, 2.75) is 79.6 Å². The van der Waals surface area contributed by atoms with E-state index in [0.29, 0.717) is 0 Å². The number of hydrogen-bond donors (Lipinski definition) is 0. The van der Waals surface area contributed by atoms with Gasteiger partial charge in [0.25, 0.3) is 0 Å². The molecule has 1 saturated heterocycles. The van der Waals surface area contributed by atoms with Gasteiger partial charge in [-0.25, -0.2) is 0 Å². The lowest BCUT2D eigenvalue weighted by Crippen LogP contribution is -2.38. The van der Waals surface area contributed by atoms with Crippen molar-refractivity contribution in [2.24, 2.45) is 23.7 Å². The van der Waals surface area contributed by atoms with Crippen LogP contribution in [0.2, 0.25) is 0 Å². The Balaban J connectivity index is 0.000000956. The second kappa shape index (κ2) is 9.82. The predicted molar refractivity (Wildman–Crippen MR) is 91.1 cm³/mol.